The number of nitrogens with zero attached hydrogens (tertiary/aromatic N) is 5. The Labute approximate surface area is 191 Å². The molecule has 3 aromatic heterocycles. The van der Waals surface area contributed by atoms with Crippen LogP contribution in [-0.4, -0.2) is 35.9 Å². The molecular weight excluding hydrogens is 446 g/mol. The smallest absolute Gasteiger partial charge is 0.234 e. The molecule has 0 atom stereocenters. The van der Waals surface area contributed by atoms with Crippen molar-refractivity contribution in [2.75, 3.05) is 11.1 Å². The van der Waals surface area contributed by atoms with E-state index < -0.39 is 17.5 Å². The first kappa shape index (κ1) is 21.1. The number of aromatic nitrogens is 5. The van der Waals surface area contributed by atoms with E-state index in [1.165, 1.54) is 11.1 Å². The van der Waals surface area contributed by atoms with Crippen molar-refractivity contribution < 1.29 is 13.6 Å². The first-order valence-electron chi connectivity index (χ1n) is 10.1. The molecule has 0 radical (unpaired) electrons. The van der Waals surface area contributed by atoms with Crippen molar-refractivity contribution in [3.05, 3.63) is 77.6 Å². The summed E-state index contributed by atoms with van der Waals surface area (Å²) < 4.78 is 30.6. The summed E-state index contributed by atoms with van der Waals surface area (Å²) in [7, 11) is 0. The second-order valence-corrected chi connectivity index (χ2v) is 8.54. The van der Waals surface area contributed by atoms with Crippen molar-refractivity contribution in [3.63, 3.8) is 0 Å². The van der Waals surface area contributed by atoms with Crippen LogP contribution in [-0.2, 0) is 4.79 Å². The van der Waals surface area contributed by atoms with Crippen molar-refractivity contribution >= 4 is 34.5 Å². The average molecular weight is 465 g/mol. The predicted octanol–water partition coefficient (Wildman–Crippen LogP) is 4.67. The van der Waals surface area contributed by atoms with Crippen LogP contribution in [0.2, 0.25) is 0 Å². The molecule has 0 unspecified atom stereocenters. The third-order valence-corrected chi connectivity index (χ3v) is 6.27. The van der Waals surface area contributed by atoms with E-state index in [0.717, 1.165) is 46.7 Å². The molecular formula is C23H18F2N6OS. The molecule has 0 spiro atoms. The van der Waals surface area contributed by atoms with Gasteiger partial charge in [-0.3, -0.25) is 9.20 Å². The summed E-state index contributed by atoms with van der Waals surface area (Å²) in [6.07, 6.45) is 3.56. The summed E-state index contributed by atoms with van der Waals surface area (Å²) >= 11 is 1.14. The van der Waals surface area contributed by atoms with Crippen molar-refractivity contribution in [3.8, 4) is 11.3 Å². The fourth-order valence-corrected chi connectivity index (χ4v) is 4.16. The number of hydrogen-bond donors (Lipinski definition) is 1. The number of anilines is 1. The van der Waals surface area contributed by atoms with Gasteiger partial charge in [-0.05, 0) is 49.2 Å². The highest BCUT2D eigenvalue weighted by atomic mass is 32.2. The van der Waals surface area contributed by atoms with E-state index in [-0.39, 0.29) is 11.4 Å². The van der Waals surface area contributed by atoms with E-state index in [9.17, 15) is 13.6 Å². The fourth-order valence-electron chi connectivity index (χ4n) is 3.44. The minimum atomic E-state index is -0.703. The Morgan fingerprint density at radius 2 is 1.88 bits per heavy atom. The van der Waals surface area contributed by atoms with Gasteiger partial charge in [-0.15, -0.1) is 10.2 Å². The van der Waals surface area contributed by atoms with E-state index in [1.54, 1.807) is 21.3 Å². The zero-order chi connectivity index (χ0) is 23.1. The van der Waals surface area contributed by atoms with Gasteiger partial charge >= 0.3 is 0 Å². The maximum atomic E-state index is 13.7. The minimum absolute atomic E-state index is 0.0465. The SMILES string of the molecule is Cc1ccc(-c2cc3c4nnc(SCC(=O)Nc5cc(F)ccc5F)n4ccn3n2)cc1C. The van der Waals surface area contributed by atoms with Crippen LogP contribution in [0.4, 0.5) is 14.5 Å². The third kappa shape index (κ3) is 4.05. The highest BCUT2D eigenvalue weighted by Gasteiger charge is 2.15. The van der Waals surface area contributed by atoms with Crippen molar-refractivity contribution in [1.29, 1.82) is 0 Å². The van der Waals surface area contributed by atoms with Crippen LogP contribution in [0, 0.1) is 25.5 Å². The Kier molecular flexibility index (Phi) is 5.29. The van der Waals surface area contributed by atoms with Crippen LogP contribution in [0.15, 0.2) is 60.0 Å². The monoisotopic (exact) mass is 464 g/mol. The lowest BCUT2D eigenvalue weighted by Crippen LogP contribution is -2.15. The lowest BCUT2D eigenvalue weighted by atomic mass is 10.0. The summed E-state index contributed by atoms with van der Waals surface area (Å²) in [6.45, 7) is 4.13. The molecule has 0 aliphatic carbocycles. The summed E-state index contributed by atoms with van der Waals surface area (Å²) in [4.78, 5) is 12.2. The number of aryl methyl sites for hydroxylation is 2. The molecule has 2 aromatic carbocycles. The van der Waals surface area contributed by atoms with Gasteiger partial charge in [-0.25, -0.2) is 13.3 Å². The largest absolute Gasteiger partial charge is 0.323 e. The van der Waals surface area contributed by atoms with Gasteiger partial charge in [-0.2, -0.15) is 5.10 Å². The molecule has 0 aliphatic rings. The van der Waals surface area contributed by atoms with Gasteiger partial charge in [0.25, 0.3) is 0 Å². The first-order chi connectivity index (χ1) is 15.9. The first-order valence-corrected chi connectivity index (χ1v) is 11.1. The third-order valence-electron chi connectivity index (χ3n) is 5.32. The van der Waals surface area contributed by atoms with Crippen molar-refractivity contribution in [1.82, 2.24) is 24.2 Å². The zero-order valence-electron chi connectivity index (χ0n) is 17.7. The quantitative estimate of drug-likeness (QED) is 0.383. The number of nitrogens with one attached hydrogen (secondary N) is 1. The minimum Gasteiger partial charge on any atom is -0.323 e. The number of carbonyl (C=O) groups excluding carboxylic acids is 1. The summed E-state index contributed by atoms with van der Waals surface area (Å²) in [5.41, 5.74) is 5.40. The molecule has 7 nitrogen and oxygen atoms in total. The maximum absolute atomic E-state index is 13.7. The second-order valence-electron chi connectivity index (χ2n) is 7.59. The van der Waals surface area contributed by atoms with Crippen LogP contribution in [0.5, 0.6) is 0 Å². The Hall–Kier alpha value is -3.79. The van der Waals surface area contributed by atoms with Crippen LogP contribution in [0.25, 0.3) is 22.4 Å². The van der Waals surface area contributed by atoms with Gasteiger partial charge in [0, 0.05) is 24.0 Å². The van der Waals surface area contributed by atoms with Gasteiger partial charge in [0.1, 0.15) is 17.2 Å². The van der Waals surface area contributed by atoms with Gasteiger partial charge in [0.05, 0.1) is 17.1 Å². The predicted molar refractivity (Wildman–Crippen MR) is 122 cm³/mol. The van der Waals surface area contributed by atoms with Crippen LogP contribution in [0.3, 0.4) is 0 Å². The molecule has 1 N–H and O–H groups in total. The number of thioether (sulfide) groups is 1. The van der Waals surface area contributed by atoms with E-state index in [1.807, 2.05) is 12.1 Å². The molecule has 0 aliphatic heterocycles. The molecule has 10 heteroatoms. The highest BCUT2D eigenvalue weighted by Crippen LogP contribution is 2.26. The van der Waals surface area contributed by atoms with Gasteiger partial charge in [-0.1, -0.05) is 23.9 Å². The maximum Gasteiger partial charge on any atom is 0.234 e. The molecule has 0 fully saturated rings. The molecule has 1 amide bonds. The van der Waals surface area contributed by atoms with E-state index >= 15 is 0 Å². The number of benzene rings is 2. The second kappa shape index (κ2) is 8.28. The topological polar surface area (TPSA) is 76.6 Å². The average Bonchev–Trinajstić information content (AvgIpc) is 3.40. The molecule has 3 heterocycles. The van der Waals surface area contributed by atoms with E-state index in [4.69, 9.17) is 0 Å². The van der Waals surface area contributed by atoms with Crippen LogP contribution in [0.1, 0.15) is 11.1 Å². The number of halogens is 2. The zero-order valence-corrected chi connectivity index (χ0v) is 18.5. The van der Waals surface area contributed by atoms with Gasteiger partial charge in [0.15, 0.2) is 10.8 Å². The Morgan fingerprint density at radius 3 is 2.70 bits per heavy atom. The number of amides is 1. The molecule has 0 bridgehead atoms. The molecule has 5 aromatic rings. The fraction of sp³-hybridized carbons (Fsp3) is 0.130. The molecule has 0 saturated heterocycles. The number of carbonyl (C=O) groups is 1. The normalized spacial score (nSPS) is 11.4. The van der Waals surface area contributed by atoms with E-state index in [0.29, 0.717) is 10.8 Å². The highest BCUT2D eigenvalue weighted by molar-refractivity contribution is 7.99. The Balaban J connectivity index is 1.38. The summed E-state index contributed by atoms with van der Waals surface area (Å²) in [6, 6.07) is 11.0. The number of hydrogen-bond acceptors (Lipinski definition) is 5. The number of fused-ring (bicyclic) bond motifs is 3. The van der Waals surface area contributed by atoms with Crippen LogP contribution < -0.4 is 5.32 Å². The van der Waals surface area contributed by atoms with Crippen molar-refractivity contribution in [2.24, 2.45) is 0 Å². The summed E-state index contributed by atoms with van der Waals surface area (Å²) in [5, 5.41) is 16.0. The molecule has 33 heavy (non-hydrogen) atoms. The summed E-state index contributed by atoms with van der Waals surface area (Å²) in [5.74, 6) is -1.86. The van der Waals surface area contributed by atoms with Gasteiger partial charge < -0.3 is 5.32 Å². The Bertz CT molecular complexity index is 1530. The molecule has 5 rings (SSSR count). The standard InChI is InChI=1S/C23H18F2N6OS/c1-13-3-4-15(9-14(13)2)18-11-20-22-27-28-23(30(22)7-8-31(20)29-18)33-12-21(32)26-19-10-16(24)5-6-17(19)25/h3-11H,12H2,1-2H3,(H,26,32). The molecule has 0 saturated carbocycles. The van der Waals surface area contributed by atoms with Crippen molar-refractivity contribution in [2.45, 2.75) is 19.0 Å². The van der Waals surface area contributed by atoms with Crippen LogP contribution >= 0.6 is 11.8 Å². The van der Waals surface area contributed by atoms with Gasteiger partial charge in [0.2, 0.25) is 5.91 Å². The lowest BCUT2D eigenvalue weighted by molar-refractivity contribution is -0.113. The molecule has 166 valence electrons. The van der Waals surface area contributed by atoms with E-state index in [2.05, 4.69) is 46.6 Å². The number of rotatable bonds is 5. The Morgan fingerprint density at radius 1 is 1.03 bits per heavy atom. The lowest BCUT2D eigenvalue weighted by Gasteiger charge is -2.06.